The van der Waals surface area contributed by atoms with Gasteiger partial charge in [0.2, 0.25) is 5.91 Å². The molecule has 0 radical (unpaired) electrons. The largest absolute Gasteiger partial charge is 0.349 e. The quantitative estimate of drug-likeness (QED) is 0.919. The van der Waals surface area contributed by atoms with Gasteiger partial charge in [0.25, 0.3) is 0 Å². The number of amides is 1. The van der Waals surface area contributed by atoms with Crippen molar-refractivity contribution in [2.45, 2.75) is 46.2 Å². The van der Waals surface area contributed by atoms with Crippen LogP contribution in [-0.2, 0) is 11.3 Å². The maximum Gasteiger partial charge on any atom is 0.243 e. The van der Waals surface area contributed by atoms with Crippen molar-refractivity contribution < 1.29 is 4.79 Å². The van der Waals surface area contributed by atoms with Crippen molar-refractivity contribution in [1.82, 2.24) is 14.9 Å². The summed E-state index contributed by atoms with van der Waals surface area (Å²) in [5.74, 6) is 1.27. The van der Waals surface area contributed by atoms with Crippen molar-refractivity contribution in [1.29, 1.82) is 0 Å². The molecule has 2 rings (SSSR count). The topological polar surface area (TPSA) is 46.9 Å². The molecule has 0 bridgehead atoms. The molecule has 0 saturated heterocycles. The van der Waals surface area contributed by atoms with Crippen LogP contribution in [0.1, 0.15) is 48.3 Å². The van der Waals surface area contributed by atoms with Crippen molar-refractivity contribution in [2.75, 3.05) is 0 Å². The van der Waals surface area contributed by atoms with Crippen molar-refractivity contribution in [3.63, 3.8) is 0 Å². The van der Waals surface area contributed by atoms with Gasteiger partial charge in [-0.05, 0) is 26.0 Å². The van der Waals surface area contributed by atoms with E-state index in [1.54, 1.807) is 17.5 Å². The van der Waals surface area contributed by atoms with Crippen molar-refractivity contribution in [3.05, 3.63) is 40.1 Å². The SMILES string of the molecule is Cc1ccc(CNC(=O)[C@H](C)n2ccnc2C(C)C)s1. The van der Waals surface area contributed by atoms with E-state index in [9.17, 15) is 4.79 Å². The lowest BCUT2D eigenvalue weighted by molar-refractivity contribution is -0.124. The molecule has 0 spiro atoms. The molecule has 0 fully saturated rings. The first-order valence-electron chi connectivity index (χ1n) is 6.84. The minimum atomic E-state index is -0.240. The number of nitrogens with zero attached hydrogens (tertiary/aromatic N) is 2. The Kier molecular flexibility index (Phi) is 4.60. The van der Waals surface area contributed by atoms with Gasteiger partial charge in [0.05, 0.1) is 6.54 Å². The smallest absolute Gasteiger partial charge is 0.243 e. The summed E-state index contributed by atoms with van der Waals surface area (Å²) in [4.78, 5) is 19.0. The van der Waals surface area contributed by atoms with Gasteiger partial charge < -0.3 is 9.88 Å². The molecule has 0 unspecified atom stereocenters. The number of imidazole rings is 1. The third-order valence-corrected chi connectivity index (χ3v) is 4.25. The Morgan fingerprint density at radius 3 is 2.75 bits per heavy atom. The van der Waals surface area contributed by atoms with E-state index in [2.05, 4.69) is 43.2 Å². The molecule has 2 aromatic rings. The Hall–Kier alpha value is -1.62. The van der Waals surface area contributed by atoms with E-state index in [1.165, 1.54) is 9.75 Å². The third kappa shape index (κ3) is 3.28. The van der Waals surface area contributed by atoms with Gasteiger partial charge in [-0.3, -0.25) is 4.79 Å². The number of hydrogen-bond acceptors (Lipinski definition) is 3. The van der Waals surface area contributed by atoms with Crippen molar-refractivity contribution in [3.8, 4) is 0 Å². The van der Waals surface area contributed by atoms with Crippen LogP contribution in [-0.4, -0.2) is 15.5 Å². The highest BCUT2D eigenvalue weighted by molar-refractivity contribution is 7.11. The predicted molar refractivity (Wildman–Crippen MR) is 81.9 cm³/mol. The standard InChI is InChI=1S/C15H21N3OS/c1-10(2)14-16-7-8-18(14)12(4)15(19)17-9-13-6-5-11(3)20-13/h5-8,10,12H,9H2,1-4H3,(H,17,19)/t12-/m0/s1. The maximum absolute atomic E-state index is 12.2. The second-order valence-corrected chi connectivity index (χ2v) is 6.63. The fourth-order valence-corrected chi connectivity index (χ4v) is 2.96. The van der Waals surface area contributed by atoms with Crippen molar-refractivity contribution in [2.24, 2.45) is 0 Å². The van der Waals surface area contributed by atoms with Gasteiger partial charge in [0.1, 0.15) is 11.9 Å². The second-order valence-electron chi connectivity index (χ2n) is 5.25. The van der Waals surface area contributed by atoms with Gasteiger partial charge >= 0.3 is 0 Å². The monoisotopic (exact) mass is 291 g/mol. The molecule has 2 heterocycles. The molecule has 1 amide bonds. The molecule has 0 aromatic carbocycles. The molecule has 1 atom stereocenters. The summed E-state index contributed by atoms with van der Waals surface area (Å²) in [6.45, 7) is 8.73. The maximum atomic E-state index is 12.2. The fourth-order valence-electron chi connectivity index (χ4n) is 2.13. The molecular formula is C15H21N3OS. The van der Waals surface area contributed by atoms with Gasteiger partial charge in [0.15, 0.2) is 0 Å². The molecule has 4 nitrogen and oxygen atoms in total. The molecule has 0 aliphatic carbocycles. The van der Waals surface area contributed by atoms with E-state index in [4.69, 9.17) is 0 Å². The van der Waals surface area contributed by atoms with Crippen LogP contribution in [0.5, 0.6) is 0 Å². The minimum Gasteiger partial charge on any atom is -0.349 e. The highest BCUT2D eigenvalue weighted by atomic mass is 32.1. The average molecular weight is 291 g/mol. The van der Waals surface area contributed by atoms with Gasteiger partial charge in [0, 0.05) is 28.1 Å². The summed E-state index contributed by atoms with van der Waals surface area (Å²) in [6, 6.07) is 3.89. The molecule has 0 saturated carbocycles. The first-order valence-corrected chi connectivity index (χ1v) is 7.66. The fraction of sp³-hybridized carbons (Fsp3) is 0.467. The number of thiophene rings is 1. The minimum absolute atomic E-state index is 0.0240. The van der Waals surface area contributed by atoms with Gasteiger partial charge in [-0.15, -0.1) is 11.3 Å². The number of aryl methyl sites for hydroxylation is 1. The molecule has 20 heavy (non-hydrogen) atoms. The van der Waals surface area contributed by atoms with Crippen LogP contribution >= 0.6 is 11.3 Å². The van der Waals surface area contributed by atoms with Crippen LogP contribution in [0.25, 0.3) is 0 Å². The molecular weight excluding hydrogens is 270 g/mol. The highest BCUT2D eigenvalue weighted by Crippen LogP contribution is 2.18. The zero-order valence-electron chi connectivity index (χ0n) is 12.4. The second kappa shape index (κ2) is 6.22. The summed E-state index contributed by atoms with van der Waals surface area (Å²) >= 11 is 1.71. The molecule has 0 aliphatic heterocycles. The number of rotatable bonds is 5. The molecule has 0 aliphatic rings. The summed E-state index contributed by atoms with van der Waals surface area (Å²) in [6.07, 6.45) is 3.62. The Morgan fingerprint density at radius 2 is 2.15 bits per heavy atom. The first-order chi connectivity index (χ1) is 9.49. The van der Waals surface area contributed by atoms with Gasteiger partial charge in [-0.2, -0.15) is 0 Å². The van der Waals surface area contributed by atoms with Gasteiger partial charge in [-0.1, -0.05) is 13.8 Å². The van der Waals surface area contributed by atoms with Crippen LogP contribution < -0.4 is 5.32 Å². The molecule has 1 N–H and O–H groups in total. The lowest BCUT2D eigenvalue weighted by Gasteiger charge is -2.17. The van der Waals surface area contributed by atoms with E-state index < -0.39 is 0 Å². The zero-order chi connectivity index (χ0) is 14.7. The lowest BCUT2D eigenvalue weighted by Crippen LogP contribution is -2.31. The first kappa shape index (κ1) is 14.8. The molecule has 108 valence electrons. The third-order valence-electron chi connectivity index (χ3n) is 3.24. The number of carbonyl (C=O) groups is 1. The Morgan fingerprint density at radius 1 is 1.40 bits per heavy atom. The number of nitrogens with one attached hydrogen (secondary N) is 1. The van der Waals surface area contributed by atoms with E-state index in [-0.39, 0.29) is 11.9 Å². The van der Waals surface area contributed by atoms with Crippen LogP contribution in [0, 0.1) is 6.92 Å². The van der Waals surface area contributed by atoms with Crippen molar-refractivity contribution >= 4 is 17.2 Å². The molecule has 5 heteroatoms. The van der Waals surface area contributed by atoms with Crippen LogP contribution in [0.3, 0.4) is 0 Å². The van der Waals surface area contributed by atoms with Crippen LogP contribution in [0.4, 0.5) is 0 Å². The van der Waals surface area contributed by atoms with Crippen LogP contribution in [0.2, 0.25) is 0 Å². The normalized spacial score (nSPS) is 12.7. The molecule has 2 aromatic heterocycles. The Labute approximate surface area is 123 Å². The number of carbonyl (C=O) groups excluding carboxylic acids is 1. The van der Waals surface area contributed by atoms with Gasteiger partial charge in [-0.25, -0.2) is 4.98 Å². The van der Waals surface area contributed by atoms with E-state index in [0.717, 1.165) is 5.82 Å². The Bertz CT molecular complexity index is 585. The average Bonchev–Trinajstić information content (AvgIpc) is 3.03. The number of aromatic nitrogens is 2. The summed E-state index contributed by atoms with van der Waals surface area (Å²) in [7, 11) is 0. The Balaban J connectivity index is 1.99. The summed E-state index contributed by atoms with van der Waals surface area (Å²) in [5, 5.41) is 2.99. The summed E-state index contributed by atoms with van der Waals surface area (Å²) < 4.78 is 1.94. The lowest BCUT2D eigenvalue weighted by atomic mass is 10.2. The van der Waals surface area contributed by atoms with Crippen LogP contribution in [0.15, 0.2) is 24.5 Å². The van der Waals surface area contributed by atoms with E-state index in [0.29, 0.717) is 12.5 Å². The highest BCUT2D eigenvalue weighted by Gasteiger charge is 2.18. The summed E-state index contributed by atoms with van der Waals surface area (Å²) in [5.41, 5.74) is 0. The van der Waals surface area contributed by atoms with E-state index >= 15 is 0 Å². The predicted octanol–water partition coefficient (Wildman–Crippen LogP) is 3.25. The zero-order valence-corrected chi connectivity index (χ0v) is 13.2. The van der Waals surface area contributed by atoms with E-state index in [1.807, 2.05) is 17.7 Å². The number of hydrogen-bond donors (Lipinski definition) is 1.